The fraction of sp³-hybridized carbons (Fsp3) is 0.250. The number of para-hydroxylation sites is 1. The number of benzene rings is 2. The van der Waals surface area contributed by atoms with E-state index in [1.165, 1.54) is 0 Å². The van der Waals surface area contributed by atoms with Gasteiger partial charge in [-0.2, -0.15) is 0 Å². The van der Waals surface area contributed by atoms with Crippen LogP contribution in [0.1, 0.15) is 17.0 Å². The molecule has 2 atom stereocenters. The summed E-state index contributed by atoms with van der Waals surface area (Å²) in [5, 5.41) is 0.947. The highest BCUT2D eigenvalue weighted by Gasteiger charge is 2.34. The molecule has 2 aromatic carbocycles. The van der Waals surface area contributed by atoms with Crippen LogP contribution in [0.4, 0.5) is 0 Å². The van der Waals surface area contributed by atoms with Crippen molar-refractivity contribution in [1.29, 1.82) is 0 Å². The molecule has 0 aliphatic carbocycles. The van der Waals surface area contributed by atoms with Gasteiger partial charge in [0.2, 0.25) is 6.29 Å². The van der Waals surface area contributed by atoms with Crippen molar-refractivity contribution in [2.75, 3.05) is 7.11 Å². The number of aryl methyl sites for hydroxylation is 1. The molecule has 1 aromatic heterocycles. The van der Waals surface area contributed by atoms with Gasteiger partial charge in [-0.15, -0.1) is 0 Å². The zero-order valence-electron chi connectivity index (χ0n) is 13.7. The highest BCUT2D eigenvalue weighted by Crippen LogP contribution is 2.39. The van der Waals surface area contributed by atoms with Crippen LogP contribution in [-0.4, -0.2) is 18.0 Å². The van der Waals surface area contributed by atoms with Crippen LogP contribution >= 0.6 is 0 Å². The molecule has 0 saturated carbocycles. The standard InChI is InChI=1S/C20H19NO3/c1-21-17-11-7-6-10-14(17)18-16(19(21)22)12-15(20(23-2)24-18)13-8-4-3-5-9-13/h3-11,15,20H,12H2,1-2H3. The van der Waals surface area contributed by atoms with Crippen molar-refractivity contribution in [1.82, 2.24) is 4.57 Å². The first kappa shape index (κ1) is 15.0. The van der Waals surface area contributed by atoms with E-state index in [1.54, 1.807) is 11.7 Å². The smallest absolute Gasteiger partial charge is 0.257 e. The van der Waals surface area contributed by atoms with Crippen molar-refractivity contribution < 1.29 is 9.47 Å². The summed E-state index contributed by atoms with van der Waals surface area (Å²) in [6, 6.07) is 17.9. The SMILES string of the molecule is COC1Oc2c(c(=O)n(C)c3ccccc23)CC1c1ccccc1. The quantitative estimate of drug-likeness (QED) is 0.727. The topological polar surface area (TPSA) is 40.5 Å². The molecule has 0 spiro atoms. The number of nitrogens with zero attached hydrogens (tertiary/aromatic N) is 1. The number of aromatic nitrogens is 1. The maximum absolute atomic E-state index is 12.8. The van der Waals surface area contributed by atoms with Gasteiger partial charge in [0.15, 0.2) is 0 Å². The van der Waals surface area contributed by atoms with Gasteiger partial charge in [0.05, 0.1) is 17.0 Å². The Kier molecular flexibility index (Phi) is 3.62. The largest absolute Gasteiger partial charge is 0.463 e. The van der Waals surface area contributed by atoms with E-state index in [9.17, 15) is 4.79 Å². The molecule has 4 nitrogen and oxygen atoms in total. The minimum Gasteiger partial charge on any atom is -0.463 e. The Balaban J connectivity index is 1.92. The van der Waals surface area contributed by atoms with Crippen LogP contribution in [0.5, 0.6) is 5.75 Å². The summed E-state index contributed by atoms with van der Waals surface area (Å²) in [5.74, 6) is 0.658. The second-order valence-corrected chi connectivity index (χ2v) is 6.13. The zero-order valence-corrected chi connectivity index (χ0v) is 13.7. The summed E-state index contributed by atoms with van der Waals surface area (Å²) in [6.07, 6.45) is 0.199. The van der Waals surface area contributed by atoms with E-state index in [0.717, 1.165) is 22.0 Å². The lowest BCUT2D eigenvalue weighted by Gasteiger charge is -2.33. The molecule has 0 fully saturated rings. The molecular formula is C20H19NO3. The lowest BCUT2D eigenvalue weighted by molar-refractivity contribution is -0.0791. The molecule has 2 heterocycles. The highest BCUT2D eigenvalue weighted by atomic mass is 16.7. The van der Waals surface area contributed by atoms with Gasteiger partial charge >= 0.3 is 0 Å². The molecular weight excluding hydrogens is 302 g/mol. The van der Waals surface area contributed by atoms with Crippen LogP contribution in [0.2, 0.25) is 0 Å². The van der Waals surface area contributed by atoms with Crippen molar-refractivity contribution in [3.05, 3.63) is 76.1 Å². The minimum absolute atomic E-state index is 0.000755. The molecule has 1 aliphatic heterocycles. The van der Waals surface area contributed by atoms with Gasteiger partial charge in [0, 0.05) is 19.5 Å². The average Bonchev–Trinajstić information content (AvgIpc) is 2.65. The zero-order chi connectivity index (χ0) is 16.7. The second kappa shape index (κ2) is 5.80. The molecule has 4 heteroatoms. The van der Waals surface area contributed by atoms with Crippen molar-refractivity contribution in [3.63, 3.8) is 0 Å². The van der Waals surface area contributed by atoms with Gasteiger partial charge in [0.1, 0.15) is 5.75 Å². The Hall–Kier alpha value is -2.59. The van der Waals surface area contributed by atoms with Crippen LogP contribution in [0.15, 0.2) is 59.4 Å². The van der Waals surface area contributed by atoms with E-state index < -0.39 is 6.29 Å². The number of pyridine rings is 1. The number of rotatable bonds is 2. The molecule has 0 radical (unpaired) electrons. The molecule has 24 heavy (non-hydrogen) atoms. The average molecular weight is 321 g/mol. The predicted molar refractivity (Wildman–Crippen MR) is 93.5 cm³/mol. The summed E-state index contributed by atoms with van der Waals surface area (Å²) < 4.78 is 13.5. The first-order chi connectivity index (χ1) is 11.7. The Morgan fingerprint density at radius 2 is 1.79 bits per heavy atom. The molecule has 0 N–H and O–H groups in total. The number of ether oxygens (including phenoxy) is 2. The van der Waals surface area contributed by atoms with Gasteiger partial charge in [0.25, 0.3) is 5.56 Å². The maximum Gasteiger partial charge on any atom is 0.257 e. The Bertz CT molecular complexity index is 946. The Morgan fingerprint density at radius 1 is 1.08 bits per heavy atom. The second-order valence-electron chi connectivity index (χ2n) is 6.13. The predicted octanol–water partition coefficient (Wildman–Crippen LogP) is 3.23. The third-order valence-corrected chi connectivity index (χ3v) is 4.79. The summed E-state index contributed by atoms with van der Waals surface area (Å²) in [7, 11) is 3.46. The minimum atomic E-state index is -0.407. The first-order valence-electron chi connectivity index (χ1n) is 8.05. The highest BCUT2D eigenvalue weighted by molar-refractivity contribution is 5.87. The molecule has 3 aromatic rings. The molecule has 122 valence electrons. The van der Waals surface area contributed by atoms with E-state index in [2.05, 4.69) is 12.1 Å². The van der Waals surface area contributed by atoms with Gasteiger partial charge in [-0.3, -0.25) is 4.79 Å². The molecule has 4 rings (SSSR count). The summed E-state index contributed by atoms with van der Waals surface area (Å²) in [4.78, 5) is 12.8. The van der Waals surface area contributed by atoms with E-state index in [0.29, 0.717) is 12.2 Å². The number of hydrogen-bond acceptors (Lipinski definition) is 3. The third kappa shape index (κ3) is 2.22. The lowest BCUT2D eigenvalue weighted by atomic mass is 9.88. The third-order valence-electron chi connectivity index (χ3n) is 4.79. The van der Waals surface area contributed by atoms with Gasteiger partial charge in [-0.1, -0.05) is 42.5 Å². The van der Waals surface area contributed by atoms with Crippen LogP contribution in [-0.2, 0) is 18.2 Å². The van der Waals surface area contributed by atoms with E-state index >= 15 is 0 Å². The van der Waals surface area contributed by atoms with Gasteiger partial charge in [-0.25, -0.2) is 0 Å². The normalized spacial score (nSPS) is 19.8. The summed E-state index contributed by atoms with van der Waals surface area (Å²) >= 11 is 0. The van der Waals surface area contributed by atoms with E-state index in [1.807, 2.05) is 49.5 Å². The molecule has 0 bridgehead atoms. The van der Waals surface area contributed by atoms with Crippen molar-refractivity contribution in [2.24, 2.45) is 7.05 Å². The molecule has 2 unspecified atom stereocenters. The molecule has 0 amide bonds. The van der Waals surface area contributed by atoms with Crippen LogP contribution in [0.25, 0.3) is 10.9 Å². The molecule has 0 saturated heterocycles. The van der Waals surface area contributed by atoms with Crippen LogP contribution in [0.3, 0.4) is 0 Å². The van der Waals surface area contributed by atoms with Crippen molar-refractivity contribution >= 4 is 10.9 Å². The van der Waals surface area contributed by atoms with Crippen LogP contribution in [0, 0.1) is 0 Å². The van der Waals surface area contributed by atoms with Gasteiger partial charge in [-0.05, 0) is 24.1 Å². The fourth-order valence-electron chi connectivity index (χ4n) is 3.55. The van der Waals surface area contributed by atoms with Crippen molar-refractivity contribution in [3.8, 4) is 5.75 Å². The Morgan fingerprint density at radius 3 is 2.54 bits per heavy atom. The fourth-order valence-corrected chi connectivity index (χ4v) is 3.55. The van der Waals surface area contributed by atoms with Crippen LogP contribution < -0.4 is 10.3 Å². The Labute approximate surface area is 140 Å². The summed E-state index contributed by atoms with van der Waals surface area (Å²) in [6.45, 7) is 0. The van der Waals surface area contributed by atoms with E-state index in [-0.39, 0.29) is 11.5 Å². The number of hydrogen-bond donors (Lipinski definition) is 0. The van der Waals surface area contributed by atoms with Gasteiger partial charge < -0.3 is 14.0 Å². The maximum atomic E-state index is 12.8. The van der Waals surface area contributed by atoms with Crippen molar-refractivity contribution in [2.45, 2.75) is 18.6 Å². The number of fused-ring (bicyclic) bond motifs is 3. The summed E-state index contributed by atoms with van der Waals surface area (Å²) in [5.41, 5.74) is 2.71. The monoisotopic (exact) mass is 321 g/mol. The number of methoxy groups -OCH3 is 1. The molecule has 1 aliphatic rings. The van der Waals surface area contributed by atoms with E-state index in [4.69, 9.17) is 9.47 Å². The lowest BCUT2D eigenvalue weighted by Crippen LogP contribution is -2.37. The first-order valence-corrected chi connectivity index (χ1v) is 8.05.